The van der Waals surface area contributed by atoms with Crippen LogP contribution >= 0.6 is 11.6 Å². The van der Waals surface area contributed by atoms with E-state index in [1.807, 2.05) is 12.1 Å². The summed E-state index contributed by atoms with van der Waals surface area (Å²) in [5.74, 6) is 1.49. The van der Waals surface area contributed by atoms with Gasteiger partial charge in [-0.3, -0.25) is 0 Å². The number of hydrogen-bond acceptors (Lipinski definition) is 2. The Balaban J connectivity index is 3.11. The summed E-state index contributed by atoms with van der Waals surface area (Å²) in [6.45, 7) is 7.56. The van der Waals surface area contributed by atoms with E-state index in [0.29, 0.717) is 12.0 Å². The maximum atomic E-state index is 6.02. The fourth-order valence-corrected chi connectivity index (χ4v) is 2.61. The largest absolute Gasteiger partial charge is 0.496 e. The highest BCUT2D eigenvalue weighted by Gasteiger charge is 2.22. The summed E-state index contributed by atoms with van der Waals surface area (Å²) in [5.41, 5.74) is 1.21. The average Bonchev–Trinajstić information content (AvgIpc) is 2.39. The Bertz CT molecular complexity index is 364. The molecule has 0 saturated carbocycles. The average molecular weight is 270 g/mol. The summed E-state index contributed by atoms with van der Waals surface area (Å²) in [7, 11) is 1.70. The fraction of sp³-hybridized carbons (Fsp3) is 0.600. The summed E-state index contributed by atoms with van der Waals surface area (Å²) in [6, 6.07) is 6.24. The zero-order valence-corrected chi connectivity index (χ0v) is 12.6. The number of methoxy groups -OCH3 is 1. The molecular weight excluding hydrogens is 246 g/mol. The molecule has 0 heterocycles. The first-order valence-corrected chi connectivity index (χ1v) is 7.12. The predicted octanol–water partition coefficient (Wildman–Crippen LogP) is 4.44. The Hall–Kier alpha value is -0.730. The van der Waals surface area contributed by atoms with Crippen molar-refractivity contribution in [1.29, 1.82) is 0 Å². The second-order valence-corrected chi connectivity index (χ2v) is 4.93. The van der Waals surface area contributed by atoms with E-state index in [4.69, 9.17) is 16.3 Å². The van der Waals surface area contributed by atoms with Gasteiger partial charge in [0, 0.05) is 16.6 Å². The van der Waals surface area contributed by atoms with E-state index >= 15 is 0 Å². The van der Waals surface area contributed by atoms with Crippen molar-refractivity contribution in [2.24, 2.45) is 5.92 Å². The van der Waals surface area contributed by atoms with E-state index < -0.39 is 0 Å². The lowest BCUT2D eigenvalue weighted by Crippen LogP contribution is -2.28. The lowest BCUT2D eigenvalue weighted by Gasteiger charge is -2.28. The summed E-state index contributed by atoms with van der Waals surface area (Å²) in [4.78, 5) is 0. The number of hydrogen-bond donors (Lipinski definition) is 1. The molecule has 1 aromatic carbocycles. The van der Waals surface area contributed by atoms with E-state index in [9.17, 15) is 0 Å². The predicted molar refractivity (Wildman–Crippen MR) is 78.5 cm³/mol. The van der Waals surface area contributed by atoms with Crippen LogP contribution < -0.4 is 10.1 Å². The molecule has 0 aromatic heterocycles. The monoisotopic (exact) mass is 269 g/mol. The minimum atomic E-state index is 0.331. The minimum absolute atomic E-state index is 0.331. The molecule has 0 aliphatic rings. The van der Waals surface area contributed by atoms with E-state index in [1.165, 1.54) is 5.56 Å². The molecule has 0 saturated heterocycles. The molecule has 2 nitrogen and oxygen atoms in total. The Kier molecular flexibility index (Phi) is 6.51. The zero-order chi connectivity index (χ0) is 13.5. The van der Waals surface area contributed by atoms with E-state index in [1.54, 1.807) is 7.11 Å². The molecule has 0 fully saturated rings. The highest BCUT2D eigenvalue weighted by atomic mass is 35.5. The third-order valence-electron chi connectivity index (χ3n) is 3.47. The van der Waals surface area contributed by atoms with Crippen molar-refractivity contribution in [3.8, 4) is 5.75 Å². The van der Waals surface area contributed by atoms with Crippen molar-refractivity contribution in [2.45, 2.75) is 39.7 Å². The fourth-order valence-electron chi connectivity index (χ4n) is 2.45. The van der Waals surface area contributed by atoms with Crippen molar-refractivity contribution in [3.63, 3.8) is 0 Å². The van der Waals surface area contributed by atoms with Gasteiger partial charge < -0.3 is 10.1 Å². The van der Waals surface area contributed by atoms with E-state index in [-0.39, 0.29) is 0 Å². The van der Waals surface area contributed by atoms with Crippen molar-refractivity contribution in [1.82, 2.24) is 5.32 Å². The molecule has 0 aliphatic heterocycles. The molecule has 1 unspecified atom stereocenters. The molecule has 3 heteroatoms. The van der Waals surface area contributed by atoms with Crippen molar-refractivity contribution in [2.75, 3.05) is 13.7 Å². The molecule has 102 valence electrons. The Labute approximate surface area is 116 Å². The molecule has 1 atom stereocenters. The normalized spacial score (nSPS) is 12.8. The van der Waals surface area contributed by atoms with Gasteiger partial charge in [0.25, 0.3) is 0 Å². The van der Waals surface area contributed by atoms with Gasteiger partial charge in [0.15, 0.2) is 0 Å². The molecule has 0 aliphatic carbocycles. The van der Waals surface area contributed by atoms with Gasteiger partial charge in [0.1, 0.15) is 5.75 Å². The van der Waals surface area contributed by atoms with Crippen LogP contribution in [0.3, 0.4) is 0 Å². The van der Waals surface area contributed by atoms with E-state index in [2.05, 4.69) is 32.2 Å². The first kappa shape index (κ1) is 15.3. The van der Waals surface area contributed by atoms with Crippen LogP contribution in [0.5, 0.6) is 5.75 Å². The van der Waals surface area contributed by atoms with Crippen LogP contribution in [-0.4, -0.2) is 13.7 Å². The number of benzene rings is 1. The molecule has 0 bridgehead atoms. The summed E-state index contributed by atoms with van der Waals surface area (Å²) in [5, 5.41) is 4.29. The van der Waals surface area contributed by atoms with Gasteiger partial charge in [-0.15, -0.1) is 0 Å². The van der Waals surface area contributed by atoms with Gasteiger partial charge in [0.05, 0.1) is 7.11 Å². The van der Waals surface area contributed by atoms with Crippen LogP contribution in [-0.2, 0) is 0 Å². The lowest BCUT2D eigenvalue weighted by molar-refractivity contribution is 0.330. The van der Waals surface area contributed by atoms with Crippen LogP contribution in [0.1, 0.15) is 45.2 Å². The Morgan fingerprint density at radius 1 is 1.22 bits per heavy atom. The molecule has 1 aromatic rings. The van der Waals surface area contributed by atoms with Crippen molar-refractivity contribution in [3.05, 3.63) is 28.8 Å². The van der Waals surface area contributed by atoms with Gasteiger partial charge in [-0.05, 0) is 24.6 Å². The SMILES string of the molecule is CCNC(c1ccc(Cl)cc1OC)C(CC)CC. The van der Waals surface area contributed by atoms with Gasteiger partial charge in [-0.1, -0.05) is 51.3 Å². The lowest BCUT2D eigenvalue weighted by atomic mass is 9.88. The third kappa shape index (κ3) is 3.63. The van der Waals surface area contributed by atoms with Crippen molar-refractivity contribution >= 4 is 11.6 Å². The summed E-state index contributed by atoms with van der Waals surface area (Å²) >= 11 is 6.02. The number of halogens is 1. The second-order valence-electron chi connectivity index (χ2n) is 4.50. The Morgan fingerprint density at radius 2 is 1.89 bits per heavy atom. The molecule has 1 N–H and O–H groups in total. The minimum Gasteiger partial charge on any atom is -0.496 e. The van der Waals surface area contributed by atoms with Gasteiger partial charge in [-0.2, -0.15) is 0 Å². The second kappa shape index (κ2) is 7.65. The highest BCUT2D eigenvalue weighted by molar-refractivity contribution is 6.30. The van der Waals surface area contributed by atoms with Crippen LogP contribution in [0, 0.1) is 5.92 Å². The standard InChI is InChI=1S/C15H24ClNO/c1-5-11(6-2)15(17-7-3)13-9-8-12(16)10-14(13)18-4/h8-11,15,17H,5-7H2,1-4H3. The Morgan fingerprint density at radius 3 is 2.39 bits per heavy atom. The van der Waals surface area contributed by atoms with Crippen LogP contribution in [0.15, 0.2) is 18.2 Å². The van der Waals surface area contributed by atoms with Crippen LogP contribution in [0.4, 0.5) is 0 Å². The molecular formula is C15H24ClNO. The van der Waals surface area contributed by atoms with Gasteiger partial charge in [-0.25, -0.2) is 0 Å². The maximum absolute atomic E-state index is 6.02. The molecule has 0 spiro atoms. The first-order valence-electron chi connectivity index (χ1n) is 6.74. The summed E-state index contributed by atoms with van der Waals surface area (Å²) < 4.78 is 5.47. The number of ether oxygens (including phenoxy) is 1. The number of nitrogens with one attached hydrogen (secondary N) is 1. The molecule has 18 heavy (non-hydrogen) atoms. The van der Waals surface area contributed by atoms with Crippen LogP contribution in [0.2, 0.25) is 5.02 Å². The van der Waals surface area contributed by atoms with Gasteiger partial charge in [0.2, 0.25) is 0 Å². The molecule has 0 amide bonds. The number of rotatable bonds is 7. The quantitative estimate of drug-likeness (QED) is 0.790. The van der Waals surface area contributed by atoms with Crippen molar-refractivity contribution < 1.29 is 4.74 Å². The topological polar surface area (TPSA) is 21.3 Å². The summed E-state index contributed by atoms with van der Waals surface area (Å²) in [6.07, 6.45) is 2.31. The molecule has 1 rings (SSSR count). The van der Waals surface area contributed by atoms with Gasteiger partial charge >= 0.3 is 0 Å². The zero-order valence-electron chi connectivity index (χ0n) is 11.8. The highest BCUT2D eigenvalue weighted by Crippen LogP contribution is 2.34. The third-order valence-corrected chi connectivity index (χ3v) is 3.71. The molecule has 0 radical (unpaired) electrons. The smallest absolute Gasteiger partial charge is 0.125 e. The maximum Gasteiger partial charge on any atom is 0.125 e. The van der Waals surface area contributed by atoms with E-state index in [0.717, 1.165) is 30.2 Å². The first-order chi connectivity index (χ1) is 8.67. The van der Waals surface area contributed by atoms with Crippen LogP contribution in [0.25, 0.3) is 0 Å².